The number of nitrogens with one attached hydrogen (secondary N) is 1. The van der Waals surface area contributed by atoms with Crippen LogP contribution in [0.3, 0.4) is 0 Å². The number of ether oxygens (including phenoxy) is 2. The van der Waals surface area contributed by atoms with Crippen LogP contribution in [0.2, 0.25) is 5.15 Å². The Labute approximate surface area is 188 Å². The standard InChI is InChI=1S/C24H19ClN4O3/c25-22-16(8-15-9-20-21(32-13-31-20)10-19(15)26-22)11-29-7-6-18-17(12-29)24(30)28-23(27-18)14-4-2-1-3-5-14/h1-5,8-10H,6-7,11-13H2,(H,27,28,30). The molecule has 0 bridgehead atoms. The molecule has 4 aromatic rings. The SMILES string of the molecule is O=c1[nH]c(-c2ccccc2)nc2c1CN(Cc1cc3cc4c(cc3nc1Cl)OCO4)CC2. The molecule has 32 heavy (non-hydrogen) atoms. The van der Waals surface area contributed by atoms with E-state index in [-0.39, 0.29) is 12.4 Å². The third-order valence-electron chi connectivity index (χ3n) is 5.92. The van der Waals surface area contributed by atoms with Crippen molar-refractivity contribution in [2.24, 2.45) is 0 Å². The lowest BCUT2D eigenvalue weighted by Gasteiger charge is -2.28. The van der Waals surface area contributed by atoms with Gasteiger partial charge in [0.1, 0.15) is 11.0 Å². The van der Waals surface area contributed by atoms with Gasteiger partial charge in [0, 0.05) is 48.6 Å². The van der Waals surface area contributed by atoms with Crippen LogP contribution < -0.4 is 15.0 Å². The Hall–Kier alpha value is -3.42. The molecule has 0 radical (unpaired) electrons. The zero-order valence-electron chi connectivity index (χ0n) is 17.1. The predicted octanol–water partition coefficient (Wildman–Crippen LogP) is 3.93. The van der Waals surface area contributed by atoms with Crippen molar-refractivity contribution >= 4 is 22.5 Å². The van der Waals surface area contributed by atoms with E-state index in [2.05, 4.69) is 14.9 Å². The van der Waals surface area contributed by atoms with E-state index in [0.29, 0.717) is 47.6 Å². The van der Waals surface area contributed by atoms with Gasteiger partial charge in [-0.15, -0.1) is 0 Å². The maximum Gasteiger partial charge on any atom is 0.255 e. The van der Waals surface area contributed by atoms with Gasteiger partial charge >= 0.3 is 0 Å². The van der Waals surface area contributed by atoms with Gasteiger partial charge in [-0.05, 0) is 12.1 Å². The summed E-state index contributed by atoms with van der Waals surface area (Å²) in [5.74, 6) is 2.01. The second-order valence-corrected chi connectivity index (χ2v) is 8.36. The third kappa shape index (κ3) is 3.39. The van der Waals surface area contributed by atoms with E-state index >= 15 is 0 Å². The molecular weight excluding hydrogens is 428 g/mol. The molecule has 0 amide bonds. The molecule has 1 N–H and O–H groups in total. The van der Waals surface area contributed by atoms with Gasteiger partial charge in [-0.3, -0.25) is 9.69 Å². The number of H-pyrrole nitrogens is 1. The minimum Gasteiger partial charge on any atom is -0.454 e. The van der Waals surface area contributed by atoms with Crippen molar-refractivity contribution in [2.45, 2.75) is 19.5 Å². The molecule has 8 heteroatoms. The molecular formula is C24H19ClN4O3. The lowest BCUT2D eigenvalue weighted by molar-refractivity contribution is 0.174. The Kier molecular flexibility index (Phi) is 4.59. The van der Waals surface area contributed by atoms with E-state index in [1.807, 2.05) is 48.5 Å². The highest BCUT2D eigenvalue weighted by Gasteiger charge is 2.23. The predicted molar refractivity (Wildman–Crippen MR) is 121 cm³/mol. The van der Waals surface area contributed by atoms with Gasteiger partial charge in [-0.2, -0.15) is 0 Å². The van der Waals surface area contributed by atoms with E-state index in [1.165, 1.54) is 0 Å². The molecule has 4 heterocycles. The molecule has 7 nitrogen and oxygen atoms in total. The molecule has 2 aliphatic rings. The number of halogens is 1. The van der Waals surface area contributed by atoms with Crippen LogP contribution in [0.15, 0.2) is 53.3 Å². The van der Waals surface area contributed by atoms with Crippen molar-refractivity contribution in [3.05, 3.63) is 80.9 Å². The number of hydrogen-bond acceptors (Lipinski definition) is 6. The first-order valence-corrected chi connectivity index (χ1v) is 10.8. The first-order chi connectivity index (χ1) is 15.6. The van der Waals surface area contributed by atoms with Crippen LogP contribution in [0, 0.1) is 0 Å². The lowest BCUT2D eigenvalue weighted by atomic mass is 10.0. The summed E-state index contributed by atoms with van der Waals surface area (Å²) >= 11 is 6.50. The van der Waals surface area contributed by atoms with Crippen molar-refractivity contribution in [3.63, 3.8) is 0 Å². The zero-order chi connectivity index (χ0) is 21.7. The molecule has 0 unspecified atom stereocenters. The third-order valence-corrected chi connectivity index (χ3v) is 6.25. The summed E-state index contributed by atoms with van der Waals surface area (Å²) in [6.45, 7) is 2.11. The Balaban J connectivity index is 1.27. The highest BCUT2D eigenvalue weighted by Crippen LogP contribution is 2.36. The van der Waals surface area contributed by atoms with E-state index < -0.39 is 0 Å². The number of benzene rings is 2. The summed E-state index contributed by atoms with van der Waals surface area (Å²) in [7, 11) is 0. The van der Waals surface area contributed by atoms with Crippen LogP contribution in [0.4, 0.5) is 0 Å². The molecule has 0 spiro atoms. The lowest BCUT2D eigenvalue weighted by Crippen LogP contribution is -2.35. The van der Waals surface area contributed by atoms with Crippen molar-refractivity contribution in [1.29, 1.82) is 0 Å². The number of nitrogens with zero attached hydrogens (tertiary/aromatic N) is 3. The number of hydrogen-bond donors (Lipinski definition) is 1. The summed E-state index contributed by atoms with van der Waals surface area (Å²) in [5.41, 5.74) is 4.06. The highest BCUT2D eigenvalue weighted by atomic mass is 35.5. The van der Waals surface area contributed by atoms with Crippen LogP contribution in [0.1, 0.15) is 16.8 Å². The summed E-state index contributed by atoms with van der Waals surface area (Å²) in [6, 6.07) is 15.5. The van der Waals surface area contributed by atoms with E-state index in [4.69, 9.17) is 26.1 Å². The molecule has 2 aliphatic heterocycles. The molecule has 2 aromatic heterocycles. The Morgan fingerprint density at radius 3 is 2.72 bits per heavy atom. The molecule has 0 atom stereocenters. The number of fused-ring (bicyclic) bond motifs is 3. The molecule has 0 saturated heterocycles. The van der Waals surface area contributed by atoms with Gasteiger partial charge in [0.15, 0.2) is 11.5 Å². The zero-order valence-corrected chi connectivity index (χ0v) is 17.9. The largest absolute Gasteiger partial charge is 0.454 e. The molecule has 160 valence electrons. The van der Waals surface area contributed by atoms with E-state index in [9.17, 15) is 4.79 Å². The summed E-state index contributed by atoms with van der Waals surface area (Å²) in [6.07, 6.45) is 0.705. The maximum atomic E-state index is 12.8. The summed E-state index contributed by atoms with van der Waals surface area (Å²) in [4.78, 5) is 27.2. The smallest absolute Gasteiger partial charge is 0.255 e. The number of rotatable bonds is 3. The van der Waals surface area contributed by atoms with Crippen molar-refractivity contribution < 1.29 is 9.47 Å². The van der Waals surface area contributed by atoms with Crippen LogP contribution in [0.5, 0.6) is 11.5 Å². The fraction of sp³-hybridized carbons (Fsp3) is 0.208. The number of aromatic amines is 1. The topological polar surface area (TPSA) is 80.3 Å². The van der Waals surface area contributed by atoms with Gasteiger partial charge < -0.3 is 14.5 Å². The first kappa shape index (κ1) is 19.3. The second-order valence-electron chi connectivity index (χ2n) is 8.00. The first-order valence-electron chi connectivity index (χ1n) is 10.4. The minimum absolute atomic E-state index is 0.0889. The quantitative estimate of drug-likeness (QED) is 0.480. The second kappa shape index (κ2) is 7.62. The van der Waals surface area contributed by atoms with Crippen LogP contribution in [0.25, 0.3) is 22.3 Å². The monoisotopic (exact) mass is 446 g/mol. The fourth-order valence-electron chi connectivity index (χ4n) is 4.28. The Bertz CT molecular complexity index is 1400. The Morgan fingerprint density at radius 2 is 1.88 bits per heavy atom. The van der Waals surface area contributed by atoms with Gasteiger partial charge in [0.25, 0.3) is 5.56 Å². The summed E-state index contributed by atoms with van der Waals surface area (Å²) < 4.78 is 10.9. The molecule has 0 fully saturated rings. The highest BCUT2D eigenvalue weighted by molar-refractivity contribution is 6.30. The molecule has 0 aliphatic carbocycles. The maximum absolute atomic E-state index is 12.8. The van der Waals surface area contributed by atoms with E-state index in [0.717, 1.165) is 34.3 Å². The average molecular weight is 447 g/mol. The minimum atomic E-state index is -0.0889. The van der Waals surface area contributed by atoms with Gasteiger partial charge in [0.05, 0.1) is 16.8 Å². The van der Waals surface area contributed by atoms with Gasteiger partial charge in [0.2, 0.25) is 6.79 Å². The van der Waals surface area contributed by atoms with Crippen molar-refractivity contribution in [2.75, 3.05) is 13.3 Å². The fourth-order valence-corrected chi connectivity index (χ4v) is 4.49. The number of aromatic nitrogens is 3. The van der Waals surface area contributed by atoms with Crippen LogP contribution in [-0.2, 0) is 19.5 Å². The normalized spacial score (nSPS) is 15.2. The van der Waals surface area contributed by atoms with Crippen LogP contribution in [-0.4, -0.2) is 33.2 Å². The van der Waals surface area contributed by atoms with Crippen LogP contribution >= 0.6 is 11.6 Å². The molecule has 6 rings (SSSR count). The Morgan fingerprint density at radius 1 is 1.06 bits per heavy atom. The molecule has 0 saturated carbocycles. The van der Waals surface area contributed by atoms with Crippen molar-refractivity contribution in [3.8, 4) is 22.9 Å². The molecule has 2 aromatic carbocycles. The average Bonchev–Trinajstić information content (AvgIpc) is 3.26. The van der Waals surface area contributed by atoms with Crippen molar-refractivity contribution in [1.82, 2.24) is 19.9 Å². The number of pyridine rings is 1. The van der Waals surface area contributed by atoms with Gasteiger partial charge in [-0.1, -0.05) is 41.9 Å². The summed E-state index contributed by atoms with van der Waals surface area (Å²) in [5, 5.41) is 1.40. The van der Waals surface area contributed by atoms with Gasteiger partial charge in [-0.25, -0.2) is 9.97 Å². The van der Waals surface area contributed by atoms with E-state index in [1.54, 1.807) is 0 Å².